The Labute approximate surface area is 253 Å². The molecule has 2 heterocycles. The van der Waals surface area contributed by atoms with Crippen molar-refractivity contribution in [3.8, 4) is 56.4 Å². The van der Waals surface area contributed by atoms with E-state index in [1.165, 1.54) is 36.9 Å². The van der Waals surface area contributed by atoms with Crippen molar-refractivity contribution in [1.82, 2.24) is 15.0 Å². The van der Waals surface area contributed by atoms with Crippen LogP contribution in [0.4, 0.5) is 0 Å². The number of nitrogens with zero attached hydrogens (tertiary/aromatic N) is 3. The Bertz CT molecular complexity index is 2200. The van der Waals surface area contributed by atoms with Crippen LogP contribution < -0.4 is 0 Å². The molecular formula is C39H25N3S. The second kappa shape index (κ2) is 10.8. The minimum absolute atomic E-state index is 0.654. The fourth-order valence-electron chi connectivity index (χ4n) is 5.61. The first-order valence-electron chi connectivity index (χ1n) is 14.3. The molecule has 8 aromatic rings. The maximum atomic E-state index is 4.97. The van der Waals surface area contributed by atoms with Crippen LogP contribution in [0, 0.1) is 0 Å². The summed E-state index contributed by atoms with van der Waals surface area (Å²) >= 11 is 1.84. The molecule has 3 nitrogen and oxygen atoms in total. The number of thiophene rings is 1. The SMILES string of the molecule is c1ccc(-c2ccc(-c3nc(-c4ccccc4)nc(-c4ccc(-c5cccc6sc7ccccc7c56)cc4)n3)cc2)cc1. The fraction of sp³-hybridized carbons (Fsp3) is 0. The van der Waals surface area contributed by atoms with Crippen LogP contribution in [0.2, 0.25) is 0 Å². The van der Waals surface area contributed by atoms with Gasteiger partial charge in [0.2, 0.25) is 0 Å². The summed E-state index contributed by atoms with van der Waals surface area (Å²) in [7, 11) is 0. The molecule has 0 saturated carbocycles. The molecule has 202 valence electrons. The van der Waals surface area contributed by atoms with E-state index in [1.54, 1.807) is 0 Å². The highest BCUT2D eigenvalue weighted by Gasteiger charge is 2.14. The Hall–Kier alpha value is -5.45. The molecule has 0 bridgehead atoms. The van der Waals surface area contributed by atoms with Crippen molar-refractivity contribution in [2.45, 2.75) is 0 Å². The Morgan fingerprint density at radius 3 is 1.40 bits per heavy atom. The van der Waals surface area contributed by atoms with Crippen LogP contribution in [0.5, 0.6) is 0 Å². The molecule has 43 heavy (non-hydrogen) atoms. The lowest BCUT2D eigenvalue weighted by atomic mass is 9.98. The van der Waals surface area contributed by atoms with Gasteiger partial charge in [-0.15, -0.1) is 11.3 Å². The Morgan fingerprint density at radius 2 is 0.767 bits per heavy atom. The molecule has 0 aliphatic rings. The minimum atomic E-state index is 0.654. The van der Waals surface area contributed by atoms with E-state index in [1.807, 2.05) is 47.7 Å². The van der Waals surface area contributed by atoms with Crippen molar-refractivity contribution >= 4 is 31.5 Å². The van der Waals surface area contributed by atoms with Gasteiger partial charge in [-0.3, -0.25) is 0 Å². The molecule has 4 heteroatoms. The number of hydrogen-bond donors (Lipinski definition) is 0. The van der Waals surface area contributed by atoms with Gasteiger partial charge >= 0.3 is 0 Å². The van der Waals surface area contributed by atoms with Crippen molar-refractivity contribution in [2.24, 2.45) is 0 Å². The molecular weight excluding hydrogens is 543 g/mol. The maximum Gasteiger partial charge on any atom is 0.164 e. The summed E-state index contributed by atoms with van der Waals surface area (Å²) in [4.78, 5) is 14.8. The predicted molar refractivity (Wildman–Crippen MR) is 180 cm³/mol. The molecule has 0 N–H and O–H groups in total. The van der Waals surface area contributed by atoms with Gasteiger partial charge in [-0.05, 0) is 34.4 Å². The van der Waals surface area contributed by atoms with Gasteiger partial charge in [0.1, 0.15) is 0 Å². The summed E-state index contributed by atoms with van der Waals surface area (Å²) < 4.78 is 2.61. The Kier molecular flexibility index (Phi) is 6.32. The van der Waals surface area contributed by atoms with E-state index < -0.39 is 0 Å². The normalized spacial score (nSPS) is 11.3. The number of aromatic nitrogens is 3. The van der Waals surface area contributed by atoms with E-state index in [4.69, 9.17) is 15.0 Å². The Morgan fingerprint density at radius 1 is 0.326 bits per heavy atom. The standard InChI is InChI=1S/C39H25N3S/c1-3-10-26(11-4-1)27-18-22-30(23-19-27)38-40-37(29-12-5-2-6-13-29)41-39(42-38)31-24-20-28(21-25-31)32-15-9-17-35-36(32)33-14-7-8-16-34(33)43-35/h1-25H. The number of benzene rings is 6. The third kappa shape index (κ3) is 4.78. The first kappa shape index (κ1) is 25.3. The summed E-state index contributed by atoms with van der Waals surface area (Å²) in [6, 6.07) is 52.7. The topological polar surface area (TPSA) is 38.7 Å². The lowest BCUT2D eigenvalue weighted by Crippen LogP contribution is -2.00. The summed E-state index contributed by atoms with van der Waals surface area (Å²) in [5, 5.41) is 2.61. The van der Waals surface area contributed by atoms with Crippen molar-refractivity contribution in [2.75, 3.05) is 0 Å². The van der Waals surface area contributed by atoms with Crippen LogP contribution in [0.3, 0.4) is 0 Å². The van der Waals surface area contributed by atoms with Gasteiger partial charge < -0.3 is 0 Å². The van der Waals surface area contributed by atoms with Crippen molar-refractivity contribution in [3.05, 3.63) is 152 Å². The monoisotopic (exact) mass is 567 g/mol. The van der Waals surface area contributed by atoms with Gasteiger partial charge in [0.15, 0.2) is 17.5 Å². The van der Waals surface area contributed by atoms with Gasteiger partial charge in [0.05, 0.1) is 0 Å². The van der Waals surface area contributed by atoms with Crippen molar-refractivity contribution in [3.63, 3.8) is 0 Å². The molecule has 8 rings (SSSR count). The van der Waals surface area contributed by atoms with Crippen LogP contribution in [0.25, 0.3) is 76.6 Å². The molecule has 2 aromatic heterocycles. The number of fused-ring (bicyclic) bond motifs is 3. The Balaban J connectivity index is 1.21. The van der Waals surface area contributed by atoms with E-state index in [0.717, 1.165) is 22.3 Å². The zero-order valence-corrected chi connectivity index (χ0v) is 24.0. The number of rotatable bonds is 5. The zero-order chi connectivity index (χ0) is 28.6. The van der Waals surface area contributed by atoms with E-state index >= 15 is 0 Å². The molecule has 0 atom stereocenters. The summed E-state index contributed by atoms with van der Waals surface area (Å²) in [6.07, 6.45) is 0. The second-order valence-electron chi connectivity index (χ2n) is 10.5. The van der Waals surface area contributed by atoms with E-state index in [-0.39, 0.29) is 0 Å². The van der Waals surface area contributed by atoms with Gasteiger partial charge in [0.25, 0.3) is 0 Å². The molecule has 0 aliphatic carbocycles. The smallest absolute Gasteiger partial charge is 0.164 e. The van der Waals surface area contributed by atoms with Crippen LogP contribution >= 0.6 is 11.3 Å². The molecule has 0 unspecified atom stereocenters. The van der Waals surface area contributed by atoms with Gasteiger partial charge in [-0.25, -0.2) is 15.0 Å². The fourth-order valence-corrected chi connectivity index (χ4v) is 6.74. The highest BCUT2D eigenvalue weighted by molar-refractivity contribution is 7.25. The van der Waals surface area contributed by atoms with Gasteiger partial charge in [-0.2, -0.15) is 0 Å². The van der Waals surface area contributed by atoms with Crippen LogP contribution in [-0.2, 0) is 0 Å². The summed E-state index contributed by atoms with van der Waals surface area (Å²) in [5.41, 5.74) is 7.61. The van der Waals surface area contributed by atoms with E-state index in [9.17, 15) is 0 Å². The third-order valence-electron chi connectivity index (χ3n) is 7.77. The molecule has 6 aromatic carbocycles. The maximum absolute atomic E-state index is 4.97. The number of hydrogen-bond acceptors (Lipinski definition) is 4. The third-order valence-corrected chi connectivity index (χ3v) is 8.91. The first-order valence-corrected chi connectivity index (χ1v) is 15.1. The average molecular weight is 568 g/mol. The molecule has 0 saturated heterocycles. The molecule has 0 aliphatic heterocycles. The molecule has 0 spiro atoms. The van der Waals surface area contributed by atoms with Gasteiger partial charge in [-0.1, -0.05) is 140 Å². The van der Waals surface area contributed by atoms with E-state index in [0.29, 0.717) is 17.5 Å². The largest absolute Gasteiger partial charge is 0.208 e. The van der Waals surface area contributed by atoms with Crippen LogP contribution in [-0.4, -0.2) is 15.0 Å². The van der Waals surface area contributed by atoms with E-state index in [2.05, 4.69) is 115 Å². The quantitative estimate of drug-likeness (QED) is 0.208. The molecule has 0 radical (unpaired) electrons. The van der Waals surface area contributed by atoms with Crippen molar-refractivity contribution in [1.29, 1.82) is 0 Å². The summed E-state index contributed by atoms with van der Waals surface area (Å²) in [5.74, 6) is 1.97. The lowest BCUT2D eigenvalue weighted by Gasteiger charge is -2.10. The molecule has 0 fully saturated rings. The highest BCUT2D eigenvalue weighted by atomic mass is 32.1. The van der Waals surface area contributed by atoms with Gasteiger partial charge in [0, 0.05) is 36.9 Å². The zero-order valence-electron chi connectivity index (χ0n) is 23.2. The summed E-state index contributed by atoms with van der Waals surface area (Å²) in [6.45, 7) is 0. The molecule has 0 amide bonds. The lowest BCUT2D eigenvalue weighted by molar-refractivity contribution is 1.07. The van der Waals surface area contributed by atoms with Crippen LogP contribution in [0.1, 0.15) is 0 Å². The first-order chi connectivity index (χ1) is 21.3. The second-order valence-corrected chi connectivity index (χ2v) is 11.6. The van der Waals surface area contributed by atoms with Crippen molar-refractivity contribution < 1.29 is 0 Å². The minimum Gasteiger partial charge on any atom is -0.208 e. The van der Waals surface area contributed by atoms with Crippen LogP contribution in [0.15, 0.2) is 152 Å². The average Bonchev–Trinajstić information content (AvgIpc) is 3.48. The predicted octanol–water partition coefficient (Wildman–Crippen LogP) is 10.6. The highest BCUT2D eigenvalue weighted by Crippen LogP contribution is 2.40.